The number of aromatic nitrogens is 4. The topological polar surface area (TPSA) is 106 Å². The van der Waals surface area contributed by atoms with Crippen molar-refractivity contribution in [2.24, 2.45) is 0 Å². The molecule has 1 saturated carbocycles. The van der Waals surface area contributed by atoms with Crippen molar-refractivity contribution in [2.45, 2.75) is 63.9 Å². The fraction of sp³-hybridized carbons (Fsp3) is 0.385. The van der Waals surface area contributed by atoms with Gasteiger partial charge in [-0.25, -0.2) is 18.3 Å². The summed E-state index contributed by atoms with van der Waals surface area (Å²) in [6.45, 7) is 5.06. The number of carbonyl (C=O) groups is 1. The van der Waals surface area contributed by atoms with Gasteiger partial charge in [-0.15, -0.1) is 0 Å². The Bertz CT molecular complexity index is 1430. The summed E-state index contributed by atoms with van der Waals surface area (Å²) in [4.78, 5) is 21.5. The standard InChI is InChI=1S/C26H27F2N5O3/c1-15-10-17(6-9-29-15)24-31-22(14-36-24)23(34)30-21-12-18-11-20(16-4-7-26(27,28)8-5-16)32-33(18)13-19(21)25(2,3)35/h6,9-14,16,35H,4-5,7-8H2,1-3H3,(H,30,34). The monoisotopic (exact) mass is 495 g/mol. The van der Waals surface area contributed by atoms with E-state index in [4.69, 9.17) is 4.42 Å². The van der Waals surface area contributed by atoms with Crippen LogP contribution in [0.5, 0.6) is 0 Å². The number of anilines is 1. The molecule has 1 aliphatic carbocycles. The van der Waals surface area contributed by atoms with Gasteiger partial charge < -0.3 is 14.8 Å². The zero-order chi connectivity index (χ0) is 25.7. The lowest BCUT2D eigenvalue weighted by molar-refractivity contribution is -0.0385. The van der Waals surface area contributed by atoms with Gasteiger partial charge in [0.05, 0.1) is 22.5 Å². The van der Waals surface area contributed by atoms with Crippen molar-refractivity contribution in [3.63, 3.8) is 0 Å². The Hall–Kier alpha value is -3.66. The molecule has 8 nitrogen and oxygen atoms in total. The highest BCUT2D eigenvalue weighted by molar-refractivity contribution is 6.03. The molecule has 0 aliphatic heterocycles. The van der Waals surface area contributed by atoms with Gasteiger partial charge >= 0.3 is 0 Å². The van der Waals surface area contributed by atoms with E-state index in [1.807, 2.05) is 13.0 Å². The summed E-state index contributed by atoms with van der Waals surface area (Å²) in [6, 6.07) is 7.11. The maximum atomic E-state index is 13.6. The third-order valence-electron chi connectivity index (χ3n) is 6.54. The third-order valence-corrected chi connectivity index (χ3v) is 6.54. The molecular formula is C26H27F2N5O3. The minimum absolute atomic E-state index is 0.0569. The number of carbonyl (C=O) groups excluding carboxylic acids is 1. The van der Waals surface area contributed by atoms with Crippen molar-refractivity contribution in [3.8, 4) is 11.5 Å². The lowest BCUT2D eigenvalue weighted by Crippen LogP contribution is -2.23. The fourth-order valence-corrected chi connectivity index (χ4v) is 4.56. The van der Waals surface area contributed by atoms with Crippen molar-refractivity contribution >= 4 is 17.1 Å². The molecule has 188 valence electrons. The number of hydrogen-bond donors (Lipinski definition) is 2. The molecule has 5 rings (SSSR count). The molecule has 0 radical (unpaired) electrons. The maximum absolute atomic E-state index is 13.6. The van der Waals surface area contributed by atoms with Gasteiger partial charge in [0, 0.05) is 48.0 Å². The molecule has 1 amide bonds. The Morgan fingerprint density at radius 2 is 2.00 bits per heavy atom. The smallest absolute Gasteiger partial charge is 0.277 e. The molecule has 0 spiro atoms. The van der Waals surface area contributed by atoms with E-state index >= 15 is 0 Å². The van der Waals surface area contributed by atoms with Crippen LogP contribution >= 0.6 is 0 Å². The molecule has 0 atom stereocenters. The predicted octanol–water partition coefficient (Wildman–Crippen LogP) is 5.47. The molecule has 0 saturated heterocycles. The number of amides is 1. The van der Waals surface area contributed by atoms with Gasteiger partial charge in [0.15, 0.2) is 5.69 Å². The Kier molecular flexibility index (Phi) is 5.86. The van der Waals surface area contributed by atoms with E-state index in [1.165, 1.54) is 6.26 Å². The molecule has 1 fully saturated rings. The van der Waals surface area contributed by atoms with Crippen LogP contribution in [-0.2, 0) is 5.60 Å². The number of oxazole rings is 1. The molecule has 36 heavy (non-hydrogen) atoms. The van der Waals surface area contributed by atoms with Gasteiger partial charge in [0.1, 0.15) is 6.26 Å². The predicted molar refractivity (Wildman–Crippen MR) is 129 cm³/mol. The first-order valence-electron chi connectivity index (χ1n) is 11.8. The lowest BCUT2D eigenvalue weighted by Gasteiger charge is -2.26. The highest BCUT2D eigenvalue weighted by Crippen LogP contribution is 2.41. The number of hydrogen-bond acceptors (Lipinski definition) is 6. The number of halogens is 2. The Labute approximate surface area is 206 Å². The minimum atomic E-state index is -2.61. The fourth-order valence-electron chi connectivity index (χ4n) is 4.56. The van der Waals surface area contributed by atoms with Crippen molar-refractivity contribution in [1.29, 1.82) is 0 Å². The number of fused-ring (bicyclic) bond motifs is 1. The van der Waals surface area contributed by atoms with Crippen LogP contribution in [0.1, 0.15) is 72.9 Å². The molecule has 1 aliphatic rings. The summed E-state index contributed by atoms with van der Waals surface area (Å²) in [5.41, 5.74) is 2.53. The molecule has 10 heteroatoms. The molecule has 4 aromatic heterocycles. The zero-order valence-electron chi connectivity index (χ0n) is 20.3. The maximum Gasteiger partial charge on any atom is 0.277 e. The number of alkyl halides is 2. The number of rotatable bonds is 5. The summed E-state index contributed by atoms with van der Waals surface area (Å²) >= 11 is 0. The van der Waals surface area contributed by atoms with Crippen LogP contribution in [0, 0.1) is 6.92 Å². The Balaban J connectivity index is 1.43. The first-order valence-corrected chi connectivity index (χ1v) is 11.8. The number of nitrogens with one attached hydrogen (secondary N) is 1. The van der Waals surface area contributed by atoms with E-state index in [0.29, 0.717) is 41.1 Å². The molecule has 2 N–H and O–H groups in total. The number of pyridine rings is 2. The van der Waals surface area contributed by atoms with Gasteiger partial charge in [0.2, 0.25) is 11.8 Å². The first kappa shape index (κ1) is 24.1. The molecule has 0 unspecified atom stereocenters. The summed E-state index contributed by atoms with van der Waals surface area (Å²) < 4.78 is 34.3. The summed E-state index contributed by atoms with van der Waals surface area (Å²) in [6.07, 6.45) is 4.99. The van der Waals surface area contributed by atoms with E-state index in [1.54, 1.807) is 49.0 Å². The molecule has 4 aromatic rings. The largest absolute Gasteiger partial charge is 0.444 e. The van der Waals surface area contributed by atoms with Gasteiger partial charge in [-0.05, 0) is 57.9 Å². The van der Waals surface area contributed by atoms with Crippen molar-refractivity contribution in [3.05, 3.63) is 65.6 Å². The number of aliphatic hydroxyl groups is 1. The van der Waals surface area contributed by atoms with Crippen molar-refractivity contribution in [1.82, 2.24) is 19.6 Å². The van der Waals surface area contributed by atoms with Crippen LogP contribution in [0.4, 0.5) is 14.5 Å². The van der Waals surface area contributed by atoms with Crippen LogP contribution in [0.3, 0.4) is 0 Å². The lowest BCUT2D eigenvalue weighted by atomic mass is 9.85. The number of nitrogens with zero attached hydrogens (tertiary/aromatic N) is 4. The van der Waals surface area contributed by atoms with E-state index < -0.39 is 17.4 Å². The van der Waals surface area contributed by atoms with Crippen LogP contribution in [0.25, 0.3) is 17.0 Å². The molecule has 0 aromatic carbocycles. The second-order valence-electron chi connectivity index (χ2n) is 9.91. The van der Waals surface area contributed by atoms with E-state index in [2.05, 4.69) is 20.4 Å². The van der Waals surface area contributed by atoms with E-state index in [0.717, 1.165) is 11.4 Å². The summed E-state index contributed by atoms with van der Waals surface area (Å²) in [5, 5.41) is 18.2. The SMILES string of the molecule is Cc1cc(-c2nc(C(=O)Nc3cc4cc(C5CCC(F)(F)CC5)nn4cc3C(C)(C)O)co2)ccn1. The number of aryl methyl sites for hydroxylation is 1. The second kappa shape index (κ2) is 8.77. The quantitative estimate of drug-likeness (QED) is 0.381. The normalized spacial score (nSPS) is 16.4. The molecular weight excluding hydrogens is 468 g/mol. The Morgan fingerprint density at radius 1 is 1.25 bits per heavy atom. The van der Waals surface area contributed by atoms with Gasteiger partial charge in [-0.1, -0.05) is 0 Å². The van der Waals surface area contributed by atoms with Crippen LogP contribution in [0.15, 0.2) is 47.3 Å². The van der Waals surface area contributed by atoms with Crippen molar-refractivity contribution in [2.75, 3.05) is 5.32 Å². The average Bonchev–Trinajstić information content (AvgIpc) is 3.45. The average molecular weight is 496 g/mol. The minimum Gasteiger partial charge on any atom is -0.444 e. The molecule has 0 bridgehead atoms. The van der Waals surface area contributed by atoms with E-state index in [-0.39, 0.29) is 24.5 Å². The van der Waals surface area contributed by atoms with Gasteiger partial charge in [-0.2, -0.15) is 5.10 Å². The summed E-state index contributed by atoms with van der Waals surface area (Å²) in [7, 11) is 0. The van der Waals surface area contributed by atoms with E-state index in [9.17, 15) is 18.7 Å². The highest BCUT2D eigenvalue weighted by Gasteiger charge is 2.36. The zero-order valence-corrected chi connectivity index (χ0v) is 20.3. The van der Waals surface area contributed by atoms with Gasteiger partial charge in [0.25, 0.3) is 5.91 Å². The van der Waals surface area contributed by atoms with Crippen LogP contribution < -0.4 is 5.32 Å². The van der Waals surface area contributed by atoms with Crippen LogP contribution in [-0.4, -0.2) is 36.5 Å². The Morgan fingerprint density at radius 3 is 2.69 bits per heavy atom. The van der Waals surface area contributed by atoms with Crippen LogP contribution in [0.2, 0.25) is 0 Å². The first-order chi connectivity index (χ1) is 17.0. The second-order valence-corrected chi connectivity index (χ2v) is 9.91. The molecule has 4 heterocycles. The summed E-state index contributed by atoms with van der Waals surface area (Å²) in [5.74, 6) is -2.88. The van der Waals surface area contributed by atoms with Crippen molar-refractivity contribution < 1.29 is 23.1 Å². The third kappa shape index (κ3) is 4.86. The van der Waals surface area contributed by atoms with Gasteiger partial charge in [-0.3, -0.25) is 9.78 Å². The highest BCUT2D eigenvalue weighted by atomic mass is 19.3.